The maximum Gasteiger partial charge on any atom is 0.162 e. The number of rotatable bonds is 5. The normalized spacial score (nSPS) is 19.8. The molecule has 1 atom stereocenters. The summed E-state index contributed by atoms with van der Waals surface area (Å²) < 4.78 is 16.1. The lowest BCUT2D eigenvalue weighted by molar-refractivity contribution is 0.355. The van der Waals surface area contributed by atoms with Crippen molar-refractivity contribution in [2.45, 2.75) is 18.9 Å². The third-order valence-electron chi connectivity index (χ3n) is 5.31. The van der Waals surface area contributed by atoms with Crippen LogP contribution in [0.25, 0.3) is 0 Å². The number of nitrogens with zero attached hydrogens (tertiary/aromatic N) is 2. The average molecular weight is 403 g/mol. The van der Waals surface area contributed by atoms with Gasteiger partial charge in [0.15, 0.2) is 17.3 Å². The molecular formula is C24H25N3O3. The zero-order valence-electron chi connectivity index (χ0n) is 17.6. The summed E-state index contributed by atoms with van der Waals surface area (Å²) in [5.74, 6) is 3.60. The Hall–Kier alpha value is -3.54. The van der Waals surface area contributed by atoms with E-state index in [-0.39, 0.29) is 5.54 Å². The highest BCUT2D eigenvalue weighted by Gasteiger charge is 2.36. The monoisotopic (exact) mass is 403 g/mol. The van der Waals surface area contributed by atoms with E-state index in [0.29, 0.717) is 17.3 Å². The fraction of sp³-hybridized carbons (Fsp3) is 0.250. The van der Waals surface area contributed by atoms with Crippen LogP contribution in [0.2, 0.25) is 0 Å². The third kappa shape index (κ3) is 3.68. The van der Waals surface area contributed by atoms with E-state index in [1.165, 1.54) is 0 Å². The molecule has 0 saturated carbocycles. The Bertz CT molecular complexity index is 1070. The van der Waals surface area contributed by atoms with Crippen molar-refractivity contribution in [3.8, 4) is 17.2 Å². The van der Waals surface area contributed by atoms with Gasteiger partial charge in [-0.15, -0.1) is 0 Å². The van der Waals surface area contributed by atoms with E-state index < -0.39 is 0 Å². The molecule has 1 aliphatic carbocycles. The van der Waals surface area contributed by atoms with Crippen LogP contribution in [0.15, 0.2) is 76.3 Å². The Morgan fingerprint density at radius 3 is 2.40 bits per heavy atom. The number of aliphatic imine (C=N–C) groups is 2. The Balaban J connectivity index is 1.74. The van der Waals surface area contributed by atoms with Gasteiger partial charge in [0.2, 0.25) is 0 Å². The van der Waals surface area contributed by atoms with Crippen molar-refractivity contribution in [1.29, 1.82) is 0 Å². The number of hydrogen-bond acceptors (Lipinski definition) is 6. The van der Waals surface area contributed by atoms with Crippen molar-refractivity contribution in [2.24, 2.45) is 9.98 Å². The Labute approximate surface area is 176 Å². The standard InChI is InChI=1S/C24H25N3O3/c1-24-14-6-5-7-19(24)23(25-17-10-13-20(29-3)21(15-17)30-4)26-22(27-24)16-8-11-18(28-2)12-9-16/h5-13,15H,14H2,1-4H3,(H,25,26,27). The molecule has 154 valence electrons. The molecule has 0 aromatic heterocycles. The highest BCUT2D eigenvalue weighted by Crippen LogP contribution is 2.36. The molecule has 0 saturated heterocycles. The van der Waals surface area contributed by atoms with Crippen LogP contribution in [0.3, 0.4) is 0 Å². The minimum Gasteiger partial charge on any atom is -0.497 e. The highest BCUT2D eigenvalue weighted by atomic mass is 16.5. The molecule has 1 unspecified atom stereocenters. The Morgan fingerprint density at radius 1 is 0.933 bits per heavy atom. The van der Waals surface area contributed by atoms with Gasteiger partial charge in [0.1, 0.15) is 11.6 Å². The topological polar surface area (TPSA) is 64.4 Å². The van der Waals surface area contributed by atoms with Crippen LogP contribution in [0.4, 0.5) is 5.69 Å². The van der Waals surface area contributed by atoms with Crippen LogP contribution in [0.5, 0.6) is 17.2 Å². The second-order valence-corrected chi connectivity index (χ2v) is 7.31. The zero-order valence-corrected chi connectivity index (χ0v) is 17.6. The lowest BCUT2D eigenvalue weighted by Crippen LogP contribution is -2.38. The van der Waals surface area contributed by atoms with Gasteiger partial charge < -0.3 is 19.5 Å². The van der Waals surface area contributed by atoms with Crippen molar-refractivity contribution in [3.63, 3.8) is 0 Å². The van der Waals surface area contributed by atoms with Crippen molar-refractivity contribution < 1.29 is 14.2 Å². The lowest BCUT2D eigenvalue weighted by atomic mass is 9.83. The van der Waals surface area contributed by atoms with Gasteiger partial charge in [-0.1, -0.05) is 18.2 Å². The summed E-state index contributed by atoms with van der Waals surface area (Å²) in [6, 6.07) is 13.5. The van der Waals surface area contributed by atoms with E-state index in [4.69, 9.17) is 24.2 Å². The second kappa shape index (κ2) is 8.06. The van der Waals surface area contributed by atoms with Crippen LogP contribution in [-0.4, -0.2) is 38.5 Å². The number of hydrogen-bond donors (Lipinski definition) is 1. The number of anilines is 1. The highest BCUT2D eigenvalue weighted by molar-refractivity contribution is 6.19. The van der Waals surface area contributed by atoms with Crippen LogP contribution in [0.1, 0.15) is 18.9 Å². The van der Waals surface area contributed by atoms with Gasteiger partial charge >= 0.3 is 0 Å². The molecule has 0 bridgehead atoms. The van der Waals surface area contributed by atoms with E-state index in [0.717, 1.165) is 34.8 Å². The SMILES string of the molecule is COc1ccc(C2=NC3(C)CC=CC=C3C(Nc3ccc(OC)c(OC)c3)=N2)cc1. The summed E-state index contributed by atoms with van der Waals surface area (Å²) in [5.41, 5.74) is 2.47. The van der Waals surface area contributed by atoms with Crippen LogP contribution in [-0.2, 0) is 0 Å². The molecular weight excluding hydrogens is 378 g/mol. The number of fused-ring (bicyclic) bond motifs is 1. The molecule has 1 heterocycles. The average Bonchev–Trinajstić information content (AvgIpc) is 2.78. The first-order valence-corrected chi connectivity index (χ1v) is 9.76. The van der Waals surface area contributed by atoms with E-state index in [1.54, 1.807) is 21.3 Å². The summed E-state index contributed by atoms with van der Waals surface area (Å²) in [6.45, 7) is 2.14. The smallest absolute Gasteiger partial charge is 0.162 e. The maximum atomic E-state index is 5.44. The lowest BCUT2D eigenvalue weighted by Gasteiger charge is -2.34. The fourth-order valence-electron chi connectivity index (χ4n) is 3.63. The van der Waals surface area contributed by atoms with Gasteiger partial charge in [0, 0.05) is 22.9 Å². The zero-order chi connectivity index (χ0) is 21.1. The number of nitrogens with one attached hydrogen (secondary N) is 1. The summed E-state index contributed by atoms with van der Waals surface area (Å²) >= 11 is 0. The van der Waals surface area contributed by atoms with Crippen molar-refractivity contribution in [3.05, 3.63) is 71.8 Å². The summed E-state index contributed by atoms with van der Waals surface area (Å²) in [7, 11) is 4.90. The first-order valence-electron chi connectivity index (χ1n) is 9.76. The van der Waals surface area contributed by atoms with E-state index >= 15 is 0 Å². The third-order valence-corrected chi connectivity index (χ3v) is 5.31. The number of ether oxygens (including phenoxy) is 3. The second-order valence-electron chi connectivity index (χ2n) is 7.31. The van der Waals surface area contributed by atoms with E-state index in [1.807, 2.05) is 42.5 Å². The summed E-state index contributed by atoms with van der Waals surface area (Å²) in [6.07, 6.45) is 7.07. The van der Waals surface area contributed by atoms with Gasteiger partial charge in [-0.2, -0.15) is 0 Å². The van der Waals surface area contributed by atoms with Gasteiger partial charge in [-0.3, -0.25) is 4.99 Å². The molecule has 2 aliphatic rings. The Morgan fingerprint density at radius 2 is 1.70 bits per heavy atom. The molecule has 6 nitrogen and oxygen atoms in total. The molecule has 1 aliphatic heterocycles. The van der Waals surface area contributed by atoms with Crippen molar-refractivity contribution >= 4 is 17.4 Å². The Kier molecular flexibility index (Phi) is 5.31. The van der Waals surface area contributed by atoms with E-state index in [9.17, 15) is 0 Å². The quantitative estimate of drug-likeness (QED) is 0.791. The van der Waals surface area contributed by atoms with Crippen molar-refractivity contribution in [1.82, 2.24) is 0 Å². The van der Waals surface area contributed by atoms with Gasteiger partial charge in [0.25, 0.3) is 0 Å². The molecule has 2 aromatic carbocycles. The van der Waals surface area contributed by atoms with Crippen LogP contribution in [0, 0.1) is 0 Å². The summed E-state index contributed by atoms with van der Waals surface area (Å²) in [5, 5.41) is 3.46. The first-order chi connectivity index (χ1) is 14.6. The summed E-state index contributed by atoms with van der Waals surface area (Å²) in [4.78, 5) is 9.87. The maximum absolute atomic E-state index is 5.44. The van der Waals surface area contributed by atoms with Gasteiger partial charge in [-0.25, -0.2) is 4.99 Å². The molecule has 2 aromatic rings. The first kappa shape index (κ1) is 19.8. The molecule has 0 radical (unpaired) electrons. The number of methoxy groups -OCH3 is 3. The fourth-order valence-corrected chi connectivity index (χ4v) is 3.63. The molecule has 0 amide bonds. The molecule has 30 heavy (non-hydrogen) atoms. The molecule has 1 N–H and O–H groups in total. The van der Waals surface area contributed by atoms with Crippen LogP contribution < -0.4 is 19.5 Å². The van der Waals surface area contributed by atoms with Gasteiger partial charge in [-0.05, 0) is 49.7 Å². The number of benzene rings is 2. The minimum absolute atomic E-state index is 0.384. The molecule has 6 heteroatoms. The molecule has 4 rings (SSSR count). The predicted octanol–water partition coefficient (Wildman–Crippen LogP) is 4.63. The molecule has 0 fully saturated rings. The molecule has 0 spiro atoms. The largest absolute Gasteiger partial charge is 0.497 e. The number of amidine groups is 2. The van der Waals surface area contributed by atoms with E-state index in [2.05, 4.69) is 30.5 Å². The number of allylic oxidation sites excluding steroid dienone is 2. The van der Waals surface area contributed by atoms with Crippen molar-refractivity contribution in [2.75, 3.05) is 26.6 Å². The van der Waals surface area contributed by atoms with Gasteiger partial charge in [0.05, 0.1) is 26.9 Å². The minimum atomic E-state index is -0.384. The predicted molar refractivity (Wildman–Crippen MR) is 120 cm³/mol. The van der Waals surface area contributed by atoms with Crippen LogP contribution >= 0.6 is 0 Å².